The summed E-state index contributed by atoms with van der Waals surface area (Å²) in [7, 11) is 0. The molecule has 0 radical (unpaired) electrons. The van der Waals surface area contributed by atoms with Crippen molar-refractivity contribution in [3.63, 3.8) is 0 Å². The predicted octanol–water partition coefficient (Wildman–Crippen LogP) is 2.90. The molecule has 1 aromatic heterocycles. The lowest BCUT2D eigenvalue weighted by Crippen LogP contribution is -2.05. The number of halogens is 1. The standard InChI is InChI=1S/C13H11ClN4S/c1-19-13-17-11(10(7-15)12(16)18-13)6-8-2-4-9(14)5-3-8/h2-5H,6H2,1H3,(H2,16,17,18). The van der Waals surface area contributed by atoms with Gasteiger partial charge in [-0.3, -0.25) is 0 Å². The number of nitrogens with zero attached hydrogens (tertiary/aromatic N) is 3. The first-order chi connectivity index (χ1) is 9.13. The van der Waals surface area contributed by atoms with Crippen LogP contribution in [0, 0.1) is 11.3 Å². The highest BCUT2D eigenvalue weighted by Gasteiger charge is 2.12. The van der Waals surface area contributed by atoms with Crippen LogP contribution in [0.3, 0.4) is 0 Å². The Labute approximate surface area is 120 Å². The Morgan fingerprint density at radius 2 is 2.00 bits per heavy atom. The molecule has 4 nitrogen and oxygen atoms in total. The van der Waals surface area contributed by atoms with Crippen LogP contribution in [0.5, 0.6) is 0 Å². The number of rotatable bonds is 3. The maximum atomic E-state index is 9.15. The van der Waals surface area contributed by atoms with Crippen molar-refractivity contribution >= 4 is 29.2 Å². The van der Waals surface area contributed by atoms with Crippen molar-refractivity contribution in [2.24, 2.45) is 0 Å². The van der Waals surface area contributed by atoms with Gasteiger partial charge in [0, 0.05) is 11.4 Å². The van der Waals surface area contributed by atoms with E-state index in [0.29, 0.717) is 27.9 Å². The highest BCUT2D eigenvalue weighted by Crippen LogP contribution is 2.21. The normalized spacial score (nSPS) is 10.2. The smallest absolute Gasteiger partial charge is 0.189 e. The van der Waals surface area contributed by atoms with Gasteiger partial charge in [0.1, 0.15) is 17.5 Å². The Balaban J connectivity index is 2.41. The van der Waals surface area contributed by atoms with E-state index in [1.165, 1.54) is 11.8 Å². The second-order valence-corrected chi connectivity index (χ2v) is 5.04. The molecule has 0 saturated heterocycles. The van der Waals surface area contributed by atoms with E-state index in [4.69, 9.17) is 22.6 Å². The second kappa shape index (κ2) is 5.91. The minimum absolute atomic E-state index is 0.228. The molecule has 0 aliphatic rings. The van der Waals surface area contributed by atoms with Gasteiger partial charge in [-0.2, -0.15) is 5.26 Å². The number of aromatic nitrogens is 2. The molecule has 0 saturated carbocycles. The Hall–Kier alpha value is -1.77. The van der Waals surface area contributed by atoms with Gasteiger partial charge in [0.15, 0.2) is 5.16 Å². The molecule has 0 bridgehead atoms. The zero-order valence-electron chi connectivity index (χ0n) is 10.2. The molecule has 1 aromatic carbocycles. The molecule has 2 N–H and O–H groups in total. The number of nitriles is 1. The van der Waals surface area contributed by atoms with E-state index in [9.17, 15) is 0 Å². The van der Waals surface area contributed by atoms with Gasteiger partial charge in [-0.25, -0.2) is 9.97 Å². The van der Waals surface area contributed by atoms with Crippen molar-refractivity contribution in [2.45, 2.75) is 11.6 Å². The first-order valence-corrected chi connectivity index (χ1v) is 7.09. The molecule has 0 amide bonds. The van der Waals surface area contributed by atoms with Crippen molar-refractivity contribution in [2.75, 3.05) is 12.0 Å². The fourth-order valence-electron chi connectivity index (χ4n) is 1.64. The van der Waals surface area contributed by atoms with Crippen molar-refractivity contribution in [1.29, 1.82) is 5.26 Å². The first-order valence-electron chi connectivity index (χ1n) is 5.49. The van der Waals surface area contributed by atoms with Gasteiger partial charge in [-0.05, 0) is 24.0 Å². The number of nitrogen functional groups attached to an aromatic ring is 1. The van der Waals surface area contributed by atoms with Gasteiger partial charge in [0.25, 0.3) is 0 Å². The number of anilines is 1. The molecule has 0 unspecified atom stereocenters. The molecule has 2 rings (SSSR count). The molecule has 0 atom stereocenters. The quantitative estimate of drug-likeness (QED) is 0.695. The van der Waals surface area contributed by atoms with E-state index in [2.05, 4.69) is 16.0 Å². The molecule has 96 valence electrons. The molecule has 0 spiro atoms. The van der Waals surface area contributed by atoms with Gasteiger partial charge in [-0.15, -0.1) is 0 Å². The molecule has 2 aromatic rings. The second-order valence-electron chi connectivity index (χ2n) is 3.83. The lowest BCUT2D eigenvalue weighted by molar-refractivity contribution is 0.904. The largest absolute Gasteiger partial charge is 0.382 e. The van der Waals surface area contributed by atoms with Crippen LogP contribution in [0.15, 0.2) is 29.4 Å². The molecular weight excluding hydrogens is 280 g/mol. The van der Waals surface area contributed by atoms with Crippen LogP contribution >= 0.6 is 23.4 Å². The van der Waals surface area contributed by atoms with Gasteiger partial charge < -0.3 is 5.73 Å². The van der Waals surface area contributed by atoms with E-state index in [-0.39, 0.29) is 5.82 Å². The summed E-state index contributed by atoms with van der Waals surface area (Å²) < 4.78 is 0. The first kappa shape index (κ1) is 13.7. The van der Waals surface area contributed by atoms with Crippen molar-refractivity contribution < 1.29 is 0 Å². The average Bonchev–Trinajstić information content (AvgIpc) is 2.41. The third-order valence-corrected chi connectivity index (χ3v) is 3.37. The van der Waals surface area contributed by atoms with E-state index in [0.717, 1.165) is 5.56 Å². The molecular formula is C13H11ClN4S. The lowest BCUT2D eigenvalue weighted by Gasteiger charge is -2.07. The zero-order valence-corrected chi connectivity index (χ0v) is 11.8. The third kappa shape index (κ3) is 3.16. The molecule has 0 aliphatic carbocycles. The highest BCUT2D eigenvalue weighted by atomic mass is 35.5. The summed E-state index contributed by atoms with van der Waals surface area (Å²) in [5.74, 6) is 0.228. The van der Waals surface area contributed by atoms with E-state index in [1.807, 2.05) is 30.5 Å². The Morgan fingerprint density at radius 1 is 1.32 bits per heavy atom. The summed E-state index contributed by atoms with van der Waals surface area (Å²) in [5.41, 5.74) is 7.78. The molecule has 0 fully saturated rings. The maximum Gasteiger partial charge on any atom is 0.189 e. The highest BCUT2D eigenvalue weighted by molar-refractivity contribution is 7.98. The van der Waals surface area contributed by atoms with Gasteiger partial charge >= 0.3 is 0 Å². The van der Waals surface area contributed by atoms with E-state index < -0.39 is 0 Å². The van der Waals surface area contributed by atoms with Crippen LogP contribution in [0.1, 0.15) is 16.8 Å². The van der Waals surface area contributed by atoms with Crippen molar-refractivity contribution in [1.82, 2.24) is 9.97 Å². The van der Waals surface area contributed by atoms with Crippen LogP contribution in [0.4, 0.5) is 5.82 Å². The fraction of sp³-hybridized carbons (Fsp3) is 0.154. The van der Waals surface area contributed by atoms with E-state index in [1.54, 1.807) is 0 Å². The molecule has 1 heterocycles. The summed E-state index contributed by atoms with van der Waals surface area (Å²) in [6.45, 7) is 0. The van der Waals surface area contributed by atoms with Gasteiger partial charge in [0.2, 0.25) is 0 Å². The van der Waals surface area contributed by atoms with Gasteiger partial charge in [-0.1, -0.05) is 35.5 Å². The SMILES string of the molecule is CSc1nc(N)c(C#N)c(Cc2ccc(Cl)cc2)n1. The van der Waals surface area contributed by atoms with Crippen LogP contribution in [-0.4, -0.2) is 16.2 Å². The number of benzene rings is 1. The predicted molar refractivity (Wildman–Crippen MR) is 77.2 cm³/mol. The summed E-state index contributed by atoms with van der Waals surface area (Å²) >= 11 is 7.24. The zero-order chi connectivity index (χ0) is 13.8. The summed E-state index contributed by atoms with van der Waals surface area (Å²) in [5, 5.41) is 10.4. The Morgan fingerprint density at radius 3 is 2.58 bits per heavy atom. The minimum atomic E-state index is 0.228. The van der Waals surface area contributed by atoms with Crippen LogP contribution in [-0.2, 0) is 6.42 Å². The topological polar surface area (TPSA) is 75.6 Å². The molecule has 0 aliphatic heterocycles. The number of hydrogen-bond donors (Lipinski definition) is 1. The molecule has 19 heavy (non-hydrogen) atoms. The van der Waals surface area contributed by atoms with E-state index >= 15 is 0 Å². The van der Waals surface area contributed by atoms with Crippen molar-refractivity contribution in [3.8, 4) is 6.07 Å². The molecule has 6 heteroatoms. The monoisotopic (exact) mass is 290 g/mol. The average molecular weight is 291 g/mol. The summed E-state index contributed by atoms with van der Waals surface area (Å²) in [6.07, 6.45) is 2.40. The maximum absolute atomic E-state index is 9.15. The number of hydrogen-bond acceptors (Lipinski definition) is 5. The lowest BCUT2D eigenvalue weighted by atomic mass is 10.1. The summed E-state index contributed by atoms with van der Waals surface area (Å²) in [6, 6.07) is 9.49. The fourth-order valence-corrected chi connectivity index (χ4v) is 2.16. The van der Waals surface area contributed by atoms with Crippen LogP contribution < -0.4 is 5.73 Å². The van der Waals surface area contributed by atoms with Crippen LogP contribution in [0.25, 0.3) is 0 Å². The van der Waals surface area contributed by atoms with Crippen molar-refractivity contribution in [3.05, 3.63) is 46.1 Å². The minimum Gasteiger partial charge on any atom is -0.382 e. The Kier molecular flexibility index (Phi) is 4.25. The summed E-state index contributed by atoms with van der Waals surface area (Å²) in [4.78, 5) is 8.42. The number of thioether (sulfide) groups is 1. The third-order valence-electron chi connectivity index (χ3n) is 2.57. The number of nitrogens with two attached hydrogens (primary N) is 1. The van der Waals surface area contributed by atoms with Gasteiger partial charge in [0.05, 0.1) is 5.69 Å². The Bertz CT molecular complexity index is 634. The van der Waals surface area contributed by atoms with Crippen LogP contribution in [0.2, 0.25) is 5.02 Å².